The highest BCUT2D eigenvalue weighted by atomic mass is 15.2. The molecule has 0 radical (unpaired) electrons. The third-order valence-corrected chi connectivity index (χ3v) is 2.99. The Hall–Kier alpha value is -0.0800. The van der Waals surface area contributed by atoms with Gasteiger partial charge in [-0.1, -0.05) is 34.6 Å². The van der Waals surface area contributed by atoms with Gasteiger partial charge < -0.3 is 0 Å². The maximum atomic E-state index is 3.66. The lowest BCUT2D eigenvalue weighted by atomic mass is 9.91. The van der Waals surface area contributed by atoms with Gasteiger partial charge in [0.1, 0.15) is 0 Å². The Morgan fingerprint density at radius 3 is 1.40 bits per heavy atom. The Morgan fingerprint density at radius 2 is 1.20 bits per heavy atom. The summed E-state index contributed by atoms with van der Waals surface area (Å²) in [6, 6.07) is 1.15. The van der Waals surface area contributed by atoms with Crippen LogP contribution in [-0.4, -0.2) is 18.2 Å². The molecule has 0 fully saturated rings. The highest BCUT2D eigenvalue weighted by Crippen LogP contribution is 2.18. The first-order valence-electron chi connectivity index (χ1n) is 6.33. The molecule has 2 unspecified atom stereocenters. The zero-order chi connectivity index (χ0) is 12.1. The third kappa shape index (κ3) is 6.16. The molecule has 0 aliphatic carbocycles. The first kappa shape index (κ1) is 14.9. The van der Waals surface area contributed by atoms with E-state index in [4.69, 9.17) is 0 Å². The molecule has 0 aromatic carbocycles. The number of nitrogens with one attached hydrogen (secondary N) is 2. The summed E-state index contributed by atoms with van der Waals surface area (Å²) in [7, 11) is 0. The molecule has 92 valence electrons. The van der Waals surface area contributed by atoms with Gasteiger partial charge in [0.2, 0.25) is 0 Å². The average Bonchev–Trinajstić information content (AvgIpc) is 2.14. The fourth-order valence-corrected chi connectivity index (χ4v) is 1.35. The smallest absolute Gasteiger partial charge is 0.0625 e. The molecule has 0 rings (SSSR count). The van der Waals surface area contributed by atoms with Gasteiger partial charge in [-0.05, 0) is 32.1 Å². The van der Waals surface area contributed by atoms with E-state index >= 15 is 0 Å². The van der Waals surface area contributed by atoms with Gasteiger partial charge >= 0.3 is 0 Å². The monoisotopic (exact) mass is 214 g/mol. The number of rotatable bonds is 6. The second-order valence-corrected chi connectivity index (χ2v) is 5.75. The van der Waals surface area contributed by atoms with Crippen LogP contribution < -0.4 is 10.6 Å². The lowest BCUT2D eigenvalue weighted by Gasteiger charge is -2.36. The van der Waals surface area contributed by atoms with Crippen molar-refractivity contribution in [2.45, 2.75) is 79.6 Å². The summed E-state index contributed by atoms with van der Waals surface area (Å²) in [5.74, 6) is 0. The van der Waals surface area contributed by atoms with Crippen LogP contribution in [0.4, 0.5) is 0 Å². The van der Waals surface area contributed by atoms with E-state index in [0.29, 0.717) is 18.2 Å². The summed E-state index contributed by atoms with van der Waals surface area (Å²) in [5.41, 5.74) is 0.257. The standard InChI is InChI=1S/C13H30N2/c1-8-10(3)14-12(13(5,6)7)15-11(4)9-2/h10-12,14-15H,8-9H2,1-7H3. The molecule has 0 aromatic rings. The number of hydrogen-bond donors (Lipinski definition) is 2. The Labute approximate surface area is 96.2 Å². The van der Waals surface area contributed by atoms with E-state index in [2.05, 4.69) is 59.1 Å². The SMILES string of the molecule is CCC(C)NC(NC(C)CC)C(C)(C)C. The molecule has 0 bridgehead atoms. The minimum atomic E-state index is 0.257. The summed E-state index contributed by atoms with van der Waals surface area (Å²) in [4.78, 5) is 0. The third-order valence-electron chi connectivity index (χ3n) is 2.99. The summed E-state index contributed by atoms with van der Waals surface area (Å²) in [6.45, 7) is 15.8. The van der Waals surface area contributed by atoms with Crippen molar-refractivity contribution in [3.63, 3.8) is 0 Å². The second kappa shape index (κ2) is 6.49. The molecule has 0 aliphatic heterocycles. The van der Waals surface area contributed by atoms with Gasteiger partial charge in [0.15, 0.2) is 0 Å². The Bertz CT molecular complexity index is 148. The predicted octanol–water partition coefficient (Wildman–Crippen LogP) is 3.13. The van der Waals surface area contributed by atoms with Crippen molar-refractivity contribution < 1.29 is 0 Å². The van der Waals surface area contributed by atoms with Crippen LogP contribution in [0.1, 0.15) is 61.3 Å². The van der Waals surface area contributed by atoms with Crippen molar-refractivity contribution in [3.05, 3.63) is 0 Å². The summed E-state index contributed by atoms with van der Waals surface area (Å²) in [5, 5.41) is 7.32. The first-order chi connectivity index (χ1) is 6.81. The zero-order valence-electron chi connectivity index (χ0n) is 11.6. The Kier molecular flexibility index (Phi) is 6.46. The van der Waals surface area contributed by atoms with Gasteiger partial charge in [0, 0.05) is 12.1 Å². The second-order valence-electron chi connectivity index (χ2n) is 5.75. The maximum absolute atomic E-state index is 3.66. The normalized spacial score (nSPS) is 18.6. The molecule has 0 heterocycles. The minimum absolute atomic E-state index is 0.257. The van der Waals surface area contributed by atoms with Crippen molar-refractivity contribution in [1.82, 2.24) is 10.6 Å². The molecule has 0 aliphatic rings. The molecule has 2 atom stereocenters. The fraction of sp³-hybridized carbons (Fsp3) is 1.00. The molecule has 2 heteroatoms. The van der Waals surface area contributed by atoms with Crippen molar-refractivity contribution in [2.24, 2.45) is 5.41 Å². The van der Waals surface area contributed by atoms with Crippen LogP contribution in [0.15, 0.2) is 0 Å². The highest BCUT2D eigenvalue weighted by molar-refractivity contribution is 4.82. The molecule has 0 spiro atoms. The molecule has 0 aromatic heterocycles. The van der Waals surface area contributed by atoms with Crippen LogP contribution >= 0.6 is 0 Å². The molecular formula is C13H30N2. The van der Waals surface area contributed by atoms with Gasteiger partial charge in [-0.25, -0.2) is 0 Å². The van der Waals surface area contributed by atoms with Crippen LogP contribution in [-0.2, 0) is 0 Å². The highest BCUT2D eigenvalue weighted by Gasteiger charge is 2.25. The molecular weight excluding hydrogens is 184 g/mol. The molecule has 0 saturated carbocycles. The van der Waals surface area contributed by atoms with Crippen LogP contribution in [0.2, 0.25) is 0 Å². The van der Waals surface area contributed by atoms with Crippen LogP contribution in [0, 0.1) is 5.41 Å². The van der Waals surface area contributed by atoms with E-state index in [1.165, 1.54) is 12.8 Å². The summed E-state index contributed by atoms with van der Waals surface area (Å²) < 4.78 is 0. The summed E-state index contributed by atoms with van der Waals surface area (Å²) >= 11 is 0. The maximum Gasteiger partial charge on any atom is 0.0625 e. The van der Waals surface area contributed by atoms with Crippen molar-refractivity contribution >= 4 is 0 Å². The average molecular weight is 214 g/mol. The Balaban J connectivity index is 4.32. The predicted molar refractivity (Wildman–Crippen MR) is 69.0 cm³/mol. The van der Waals surface area contributed by atoms with Crippen molar-refractivity contribution in [3.8, 4) is 0 Å². The fourth-order valence-electron chi connectivity index (χ4n) is 1.35. The zero-order valence-corrected chi connectivity index (χ0v) is 11.6. The van der Waals surface area contributed by atoms with Crippen LogP contribution in [0.3, 0.4) is 0 Å². The van der Waals surface area contributed by atoms with Gasteiger partial charge in [-0.2, -0.15) is 0 Å². The van der Waals surface area contributed by atoms with Crippen molar-refractivity contribution in [2.75, 3.05) is 0 Å². The van der Waals surface area contributed by atoms with E-state index in [1.54, 1.807) is 0 Å². The van der Waals surface area contributed by atoms with Gasteiger partial charge in [-0.3, -0.25) is 10.6 Å². The molecule has 15 heavy (non-hydrogen) atoms. The Morgan fingerprint density at radius 1 is 0.867 bits per heavy atom. The quantitative estimate of drug-likeness (QED) is 0.664. The van der Waals surface area contributed by atoms with Gasteiger partial charge in [-0.15, -0.1) is 0 Å². The van der Waals surface area contributed by atoms with E-state index in [1.807, 2.05) is 0 Å². The lowest BCUT2D eigenvalue weighted by molar-refractivity contribution is 0.192. The molecule has 2 N–H and O–H groups in total. The molecule has 0 amide bonds. The lowest BCUT2D eigenvalue weighted by Crippen LogP contribution is -2.56. The van der Waals surface area contributed by atoms with E-state index in [9.17, 15) is 0 Å². The minimum Gasteiger partial charge on any atom is -0.299 e. The van der Waals surface area contributed by atoms with Crippen LogP contribution in [0.25, 0.3) is 0 Å². The first-order valence-corrected chi connectivity index (χ1v) is 6.33. The van der Waals surface area contributed by atoms with E-state index in [0.717, 1.165) is 0 Å². The molecule has 0 saturated heterocycles. The van der Waals surface area contributed by atoms with Gasteiger partial charge in [0.25, 0.3) is 0 Å². The van der Waals surface area contributed by atoms with Crippen molar-refractivity contribution in [1.29, 1.82) is 0 Å². The summed E-state index contributed by atoms with van der Waals surface area (Å²) in [6.07, 6.45) is 2.74. The van der Waals surface area contributed by atoms with Crippen LogP contribution in [0.5, 0.6) is 0 Å². The van der Waals surface area contributed by atoms with E-state index in [-0.39, 0.29) is 5.41 Å². The largest absolute Gasteiger partial charge is 0.299 e. The van der Waals surface area contributed by atoms with E-state index < -0.39 is 0 Å². The molecule has 2 nitrogen and oxygen atoms in total. The van der Waals surface area contributed by atoms with Gasteiger partial charge in [0.05, 0.1) is 6.17 Å². The number of hydrogen-bond acceptors (Lipinski definition) is 2. The topological polar surface area (TPSA) is 24.1 Å².